The van der Waals surface area contributed by atoms with E-state index in [-0.39, 0.29) is 18.6 Å². The van der Waals surface area contributed by atoms with Gasteiger partial charge in [0, 0.05) is 12.5 Å². The highest BCUT2D eigenvalue weighted by Crippen LogP contribution is 2.22. The molecule has 0 aromatic heterocycles. The normalized spacial score (nSPS) is 24.2. The molecule has 0 bridgehead atoms. The molecule has 2 N–H and O–H groups in total. The number of carboxylic acids is 1. The van der Waals surface area contributed by atoms with E-state index in [1.54, 1.807) is 18.7 Å². The first-order chi connectivity index (χ1) is 8.49. The van der Waals surface area contributed by atoms with Gasteiger partial charge in [-0.15, -0.1) is 0 Å². The summed E-state index contributed by atoms with van der Waals surface area (Å²) in [6.45, 7) is 3.79. The van der Waals surface area contributed by atoms with E-state index in [1.165, 1.54) is 0 Å². The molecule has 3 unspecified atom stereocenters. The number of aliphatic hydroxyl groups is 1. The molecule has 1 aliphatic rings. The van der Waals surface area contributed by atoms with E-state index in [1.807, 2.05) is 0 Å². The van der Waals surface area contributed by atoms with Crippen LogP contribution >= 0.6 is 0 Å². The molecule has 0 radical (unpaired) electrons. The van der Waals surface area contributed by atoms with Crippen molar-refractivity contribution in [3.05, 3.63) is 0 Å². The molecule has 1 aliphatic heterocycles. The molecule has 1 amide bonds. The Balaban J connectivity index is 2.75. The highest BCUT2D eigenvalue weighted by Gasteiger charge is 2.33. The van der Waals surface area contributed by atoms with Gasteiger partial charge in [0.05, 0.1) is 18.6 Å². The van der Waals surface area contributed by atoms with Crippen LogP contribution in [0.15, 0.2) is 0 Å². The monoisotopic (exact) mass is 257 g/mol. The Morgan fingerprint density at radius 3 is 2.44 bits per heavy atom. The van der Waals surface area contributed by atoms with Crippen LogP contribution in [0.3, 0.4) is 0 Å². The summed E-state index contributed by atoms with van der Waals surface area (Å²) < 4.78 is 0. The molecule has 1 saturated heterocycles. The average Bonchev–Trinajstić information content (AvgIpc) is 2.60. The van der Waals surface area contributed by atoms with Crippen molar-refractivity contribution < 1.29 is 19.8 Å². The standard InChI is InChI=1S/C13H23NO4/c1-9(10(2)13(17)18)12(16)14-7-5-3-4-6-11(14)8-15/h9-11,15H,3-8H2,1-2H3,(H,17,18). The summed E-state index contributed by atoms with van der Waals surface area (Å²) in [5, 5.41) is 18.3. The fourth-order valence-corrected chi connectivity index (χ4v) is 2.35. The van der Waals surface area contributed by atoms with Gasteiger partial charge in [0.25, 0.3) is 0 Å². The molecular formula is C13H23NO4. The number of carbonyl (C=O) groups excluding carboxylic acids is 1. The number of carboxylic acid groups (broad SMARTS) is 1. The SMILES string of the molecule is CC(C(=O)O)C(C)C(=O)N1CCCCCC1CO. The van der Waals surface area contributed by atoms with Crippen molar-refractivity contribution in [1.29, 1.82) is 0 Å². The minimum atomic E-state index is -0.953. The zero-order valence-electron chi connectivity index (χ0n) is 11.1. The Kier molecular flexibility index (Phi) is 5.59. The third-order valence-corrected chi connectivity index (χ3v) is 3.90. The summed E-state index contributed by atoms with van der Waals surface area (Å²) in [6.07, 6.45) is 3.80. The van der Waals surface area contributed by atoms with Gasteiger partial charge in [0.2, 0.25) is 5.91 Å². The third kappa shape index (κ3) is 3.45. The van der Waals surface area contributed by atoms with E-state index in [0.29, 0.717) is 6.54 Å². The van der Waals surface area contributed by atoms with Gasteiger partial charge in [0.1, 0.15) is 0 Å². The molecule has 5 heteroatoms. The first kappa shape index (κ1) is 15.0. The molecule has 1 fully saturated rings. The second kappa shape index (κ2) is 6.73. The Morgan fingerprint density at radius 1 is 1.22 bits per heavy atom. The lowest BCUT2D eigenvalue weighted by molar-refractivity contribution is -0.150. The van der Waals surface area contributed by atoms with E-state index < -0.39 is 17.8 Å². The Labute approximate surface area is 108 Å². The quantitative estimate of drug-likeness (QED) is 0.790. The van der Waals surface area contributed by atoms with Crippen molar-refractivity contribution in [1.82, 2.24) is 4.90 Å². The van der Waals surface area contributed by atoms with Crippen LogP contribution in [0.2, 0.25) is 0 Å². The lowest BCUT2D eigenvalue weighted by atomic mass is 9.94. The fraction of sp³-hybridized carbons (Fsp3) is 0.846. The number of aliphatic carboxylic acids is 1. The summed E-state index contributed by atoms with van der Waals surface area (Å²) in [6, 6.07) is -0.150. The molecule has 1 heterocycles. The molecule has 0 aliphatic carbocycles. The lowest BCUT2D eigenvalue weighted by Gasteiger charge is -2.32. The number of nitrogens with zero attached hydrogens (tertiary/aromatic N) is 1. The topological polar surface area (TPSA) is 77.8 Å². The Hall–Kier alpha value is -1.10. The maximum Gasteiger partial charge on any atom is 0.307 e. The van der Waals surface area contributed by atoms with Crippen molar-refractivity contribution in [3.63, 3.8) is 0 Å². The second-order valence-corrected chi connectivity index (χ2v) is 5.13. The zero-order valence-corrected chi connectivity index (χ0v) is 11.1. The van der Waals surface area contributed by atoms with Crippen LogP contribution in [0.5, 0.6) is 0 Å². The van der Waals surface area contributed by atoms with Crippen molar-refractivity contribution in [2.45, 2.75) is 45.6 Å². The van der Waals surface area contributed by atoms with Gasteiger partial charge in [-0.3, -0.25) is 9.59 Å². The number of carbonyl (C=O) groups is 2. The van der Waals surface area contributed by atoms with Crippen LogP contribution < -0.4 is 0 Å². The number of rotatable bonds is 4. The Morgan fingerprint density at radius 2 is 1.89 bits per heavy atom. The molecule has 1 rings (SSSR count). The van der Waals surface area contributed by atoms with Crippen LogP contribution in [-0.4, -0.2) is 46.2 Å². The van der Waals surface area contributed by atoms with Crippen molar-refractivity contribution in [2.24, 2.45) is 11.8 Å². The minimum absolute atomic E-state index is 0.0418. The molecular weight excluding hydrogens is 234 g/mol. The van der Waals surface area contributed by atoms with Crippen molar-refractivity contribution in [2.75, 3.05) is 13.2 Å². The summed E-state index contributed by atoms with van der Waals surface area (Å²) >= 11 is 0. The van der Waals surface area contributed by atoms with Crippen LogP contribution in [0.1, 0.15) is 39.5 Å². The second-order valence-electron chi connectivity index (χ2n) is 5.13. The van der Waals surface area contributed by atoms with E-state index in [0.717, 1.165) is 25.7 Å². The smallest absolute Gasteiger partial charge is 0.307 e. The van der Waals surface area contributed by atoms with E-state index in [9.17, 15) is 14.7 Å². The summed E-state index contributed by atoms with van der Waals surface area (Å²) in [4.78, 5) is 24.9. The van der Waals surface area contributed by atoms with E-state index in [4.69, 9.17) is 5.11 Å². The number of aliphatic hydroxyl groups excluding tert-OH is 1. The first-order valence-corrected chi connectivity index (χ1v) is 6.63. The number of hydrogen-bond acceptors (Lipinski definition) is 3. The van der Waals surface area contributed by atoms with E-state index in [2.05, 4.69) is 0 Å². The molecule has 5 nitrogen and oxygen atoms in total. The van der Waals surface area contributed by atoms with Crippen molar-refractivity contribution in [3.8, 4) is 0 Å². The predicted octanol–water partition coefficient (Wildman–Crippen LogP) is 1.11. The van der Waals surface area contributed by atoms with Gasteiger partial charge in [-0.1, -0.05) is 26.7 Å². The van der Waals surface area contributed by atoms with Crippen molar-refractivity contribution >= 4 is 11.9 Å². The molecule has 0 aromatic carbocycles. The van der Waals surface area contributed by atoms with Gasteiger partial charge < -0.3 is 15.1 Å². The molecule has 104 valence electrons. The minimum Gasteiger partial charge on any atom is -0.481 e. The average molecular weight is 257 g/mol. The summed E-state index contributed by atoms with van der Waals surface area (Å²) in [5.74, 6) is -2.34. The van der Waals surface area contributed by atoms with E-state index >= 15 is 0 Å². The van der Waals surface area contributed by atoms with Gasteiger partial charge in [-0.05, 0) is 12.8 Å². The van der Waals surface area contributed by atoms with Gasteiger partial charge in [-0.2, -0.15) is 0 Å². The molecule has 3 atom stereocenters. The molecule has 18 heavy (non-hydrogen) atoms. The van der Waals surface area contributed by atoms with Crippen LogP contribution in [-0.2, 0) is 9.59 Å². The number of amides is 1. The maximum atomic E-state index is 12.3. The summed E-state index contributed by atoms with van der Waals surface area (Å²) in [5.41, 5.74) is 0. The molecule has 0 spiro atoms. The van der Waals surface area contributed by atoms with Gasteiger partial charge in [0.15, 0.2) is 0 Å². The predicted molar refractivity (Wildman–Crippen MR) is 67.0 cm³/mol. The van der Waals surface area contributed by atoms with Gasteiger partial charge >= 0.3 is 5.97 Å². The maximum absolute atomic E-state index is 12.3. The van der Waals surface area contributed by atoms with Gasteiger partial charge in [-0.25, -0.2) is 0 Å². The highest BCUT2D eigenvalue weighted by molar-refractivity contribution is 5.84. The molecule has 0 aromatic rings. The lowest BCUT2D eigenvalue weighted by Crippen LogP contribution is -2.46. The zero-order chi connectivity index (χ0) is 13.7. The van der Waals surface area contributed by atoms with Crippen LogP contribution in [0, 0.1) is 11.8 Å². The highest BCUT2D eigenvalue weighted by atomic mass is 16.4. The van der Waals surface area contributed by atoms with Crippen LogP contribution in [0.25, 0.3) is 0 Å². The largest absolute Gasteiger partial charge is 0.481 e. The first-order valence-electron chi connectivity index (χ1n) is 6.63. The third-order valence-electron chi connectivity index (χ3n) is 3.90. The number of likely N-dealkylation sites (tertiary alicyclic amines) is 1. The number of hydrogen-bond donors (Lipinski definition) is 2. The summed E-state index contributed by atoms with van der Waals surface area (Å²) in [7, 11) is 0. The fourth-order valence-electron chi connectivity index (χ4n) is 2.35. The Bertz CT molecular complexity index is 305. The van der Waals surface area contributed by atoms with Crippen LogP contribution in [0.4, 0.5) is 0 Å². The molecule has 0 saturated carbocycles.